The molecule has 3 rings (SSSR count). The molecule has 174 valence electrons. The van der Waals surface area contributed by atoms with Gasteiger partial charge in [0.1, 0.15) is 0 Å². The predicted molar refractivity (Wildman–Crippen MR) is 117 cm³/mol. The maximum Gasteiger partial charge on any atom is 0.416 e. The lowest BCUT2D eigenvalue weighted by molar-refractivity contribution is -0.137. The summed E-state index contributed by atoms with van der Waals surface area (Å²) >= 11 is 0. The second-order valence-corrected chi connectivity index (χ2v) is 7.86. The van der Waals surface area contributed by atoms with Crippen molar-refractivity contribution in [2.75, 3.05) is 4.90 Å². The summed E-state index contributed by atoms with van der Waals surface area (Å²) in [5.74, 6) is -1.70. The number of hydrogen-bond acceptors (Lipinski definition) is 4. The Bertz CT molecular complexity index is 1150. The van der Waals surface area contributed by atoms with E-state index in [-0.39, 0.29) is 29.8 Å². The molecule has 7 nitrogen and oxygen atoms in total. The number of carbonyl (C=O) groups excluding carboxylic acids is 3. The van der Waals surface area contributed by atoms with Crippen molar-refractivity contribution in [3.05, 3.63) is 64.3 Å². The van der Waals surface area contributed by atoms with Crippen molar-refractivity contribution >= 4 is 34.7 Å². The van der Waals surface area contributed by atoms with E-state index in [1.54, 1.807) is 12.1 Å². The highest BCUT2D eigenvalue weighted by atomic mass is 19.4. The molecular weight excluding hydrogens is 437 g/mol. The molecule has 0 radical (unpaired) electrons. The molecule has 1 aliphatic heterocycles. The molecule has 0 saturated heterocycles. The molecule has 0 spiro atoms. The van der Waals surface area contributed by atoms with Crippen LogP contribution in [0.25, 0.3) is 5.57 Å². The number of hydrazine groups is 1. The second-order valence-electron chi connectivity index (χ2n) is 7.86. The molecule has 1 aliphatic rings. The average molecular weight is 460 g/mol. The third-order valence-corrected chi connectivity index (χ3v) is 5.08. The van der Waals surface area contributed by atoms with Gasteiger partial charge >= 0.3 is 6.18 Å². The van der Waals surface area contributed by atoms with Gasteiger partial charge in [0, 0.05) is 29.8 Å². The number of nitrogens with zero attached hydrogens (tertiary/aromatic N) is 1. The first-order valence-corrected chi connectivity index (χ1v) is 10.1. The van der Waals surface area contributed by atoms with Crippen LogP contribution in [0.1, 0.15) is 42.0 Å². The Hall–Kier alpha value is -3.82. The van der Waals surface area contributed by atoms with Crippen LogP contribution in [0.15, 0.2) is 42.1 Å². The van der Waals surface area contributed by atoms with Gasteiger partial charge < -0.3 is 11.2 Å². The molecule has 0 aliphatic carbocycles. The predicted octanol–water partition coefficient (Wildman–Crippen LogP) is 3.62. The van der Waals surface area contributed by atoms with Crippen LogP contribution in [0.2, 0.25) is 0 Å². The van der Waals surface area contributed by atoms with Gasteiger partial charge in [0.15, 0.2) is 0 Å². The van der Waals surface area contributed by atoms with Crippen LogP contribution >= 0.6 is 0 Å². The molecule has 3 amide bonds. The van der Waals surface area contributed by atoms with Crippen LogP contribution in [0.3, 0.4) is 0 Å². The van der Waals surface area contributed by atoms with Gasteiger partial charge in [0.2, 0.25) is 11.8 Å². The SMILES string of the molecule is C/C(NNC(=O)CCC(N)=O)=C1/C(=O)N(c2cc(C)cc(C)c2)c2cc(C(F)(F)F)ccc21. The molecule has 0 bridgehead atoms. The highest BCUT2D eigenvalue weighted by Crippen LogP contribution is 2.45. The van der Waals surface area contributed by atoms with Gasteiger partial charge in [0.05, 0.1) is 16.8 Å². The third kappa shape index (κ3) is 5.16. The number of halogens is 3. The minimum atomic E-state index is -4.58. The summed E-state index contributed by atoms with van der Waals surface area (Å²) in [6.45, 7) is 5.18. The van der Waals surface area contributed by atoms with E-state index in [0.29, 0.717) is 11.3 Å². The van der Waals surface area contributed by atoms with Crippen LogP contribution in [0, 0.1) is 13.8 Å². The van der Waals surface area contributed by atoms with Crippen molar-refractivity contribution in [3.8, 4) is 0 Å². The van der Waals surface area contributed by atoms with Crippen molar-refractivity contribution in [1.82, 2.24) is 10.9 Å². The van der Waals surface area contributed by atoms with Gasteiger partial charge in [-0.05, 0) is 56.2 Å². The van der Waals surface area contributed by atoms with Gasteiger partial charge in [0.25, 0.3) is 5.91 Å². The fourth-order valence-electron chi connectivity index (χ4n) is 3.66. The standard InChI is InChI=1S/C23H23F3N4O3/c1-12-8-13(2)10-16(9-12)30-18-11-15(23(24,25)26)4-5-17(18)21(22(30)33)14(3)28-29-20(32)7-6-19(27)31/h4-5,8-11,28H,6-7H2,1-3H3,(H2,27,31)(H,29,32)/b21-14-. The molecule has 0 fully saturated rings. The largest absolute Gasteiger partial charge is 0.416 e. The first-order valence-electron chi connectivity index (χ1n) is 10.1. The molecule has 0 saturated carbocycles. The number of anilines is 2. The first kappa shape index (κ1) is 23.8. The zero-order valence-electron chi connectivity index (χ0n) is 18.3. The van der Waals surface area contributed by atoms with Crippen LogP contribution < -0.4 is 21.5 Å². The van der Waals surface area contributed by atoms with E-state index in [1.807, 2.05) is 19.9 Å². The smallest absolute Gasteiger partial charge is 0.370 e. The van der Waals surface area contributed by atoms with Gasteiger partial charge in [-0.15, -0.1) is 0 Å². The van der Waals surface area contributed by atoms with Gasteiger partial charge in [-0.25, -0.2) is 0 Å². The van der Waals surface area contributed by atoms with E-state index >= 15 is 0 Å². The van der Waals surface area contributed by atoms with Crippen LogP contribution in [-0.2, 0) is 20.6 Å². The minimum absolute atomic E-state index is 0.0935. The fraction of sp³-hybridized carbons (Fsp3) is 0.261. The van der Waals surface area contributed by atoms with Crippen molar-refractivity contribution in [2.45, 2.75) is 39.8 Å². The van der Waals surface area contributed by atoms with E-state index in [2.05, 4.69) is 10.9 Å². The summed E-state index contributed by atoms with van der Waals surface area (Å²) in [5, 5.41) is 0. The number of nitrogens with one attached hydrogen (secondary N) is 2. The monoisotopic (exact) mass is 460 g/mol. The molecular formula is C23H23F3N4O3. The fourth-order valence-corrected chi connectivity index (χ4v) is 3.66. The van der Waals surface area contributed by atoms with E-state index in [4.69, 9.17) is 5.73 Å². The van der Waals surface area contributed by atoms with Crippen LogP contribution in [-0.4, -0.2) is 17.7 Å². The Balaban J connectivity index is 2.05. The van der Waals surface area contributed by atoms with Crippen molar-refractivity contribution < 1.29 is 27.6 Å². The number of hydrogen-bond donors (Lipinski definition) is 3. The van der Waals surface area contributed by atoms with E-state index in [9.17, 15) is 27.6 Å². The lowest BCUT2D eigenvalue weighted by Crippen LogP contribution is -2.37. The molecule has 2 aromatic rings. The van der Waals surface area contributed by atoms with Gasteiger partial charge in [-0.1, -0.05) is 12.1 Å². The van der Waals surface area contributed by atoms with Crippen LogP contribution in [0.5, 0.6) is 0 Å². The molecule has 1 heterocycles. The lowest BCUT2D eigenvalue weighted by atomic mass is 10.0. The Kier molecular flexibility index (Phi) is 6.48. The van der Waals surface area contributed by atoms with Crippen molar-refractivity contribution in [1.29, 1.82) is 0 Å². The first-order chi connectivity index (χ1) is 15.4. The van der Waals surface area contributed by atoms with E-state index < -0.39 is 29.5 Å². The van der Waals surface area contributed by atoms with Crippen molar-refractivity contribution in [3.63, 3.8) is 0 Å². The number of aryl methyl sites for hydroxylation is 2. The molecule has 33 heavy (non-hydrogen) atoms. The average Bonchev–Trinajstić information content (AvgIpc) is 3.00. The summed E-state index contributed by atoms with van der Waals surface area (Å²) in [6.07, 6.45) is -4.88. The molecule has 4 N–H and O–H groups in total. The Morgan fingerprint density at radius 1 is 1.00 bits per heavy atom. The Morgan fingerprint density at radius 2 is 1.64 bits per heavy atom. The number of allylic oxidation sites excluding steroid dienone is 1. The lowest BCUT2D eigenvalue weighted by Gasteiger charge is -2.20. The molecule has 0 unspecified atom stereocenters. The highest BCUT2D eigenvalue weighted by Gasteiger charge is 2.39. The highest BCUT2D eigenvalue weighted by molar-refractivity contribution is 6.35. The van der Waals surface area contributed by atoms with E-state index in [0.717, 1.165) is 23.3 Å². The van der Waals surface area contributed by atoms with Gasteiger partial charge in [-0.3, -0.25) is 24.7 Å². The number of benzene rings is 2. The summed E-state index contributed by atoms with van der Waals surface area (Å²) in [6, 6.07) is 8.42. The normalized spacial score (nSPS) is 14.7. The topological polar surface area (TPSA) is 105 Å². The number of fused-ring (bicyclic) bond motifs is 1. The summed E-state index contributed by atoms with van der Waals surface area (Å²) < 4.78 is 40.2. The second kappa shape index (κ2) is 8.97. The maximum absolute atomic E-state index is 13.4. The molecule has 2 aromatic carbocycles. The number of nitrogens with two attached hydrogens (primary N) is 1. The summed E-state index contributed by atoms with van der Waals surface area (Å²) in [4.78, 5) is 37.4. The maximum atomic E-state index is 13.4. The zero-order chi connectivity index (χ0) is 24.5. The zero-order valence-corrected chi connectivity index (χ0v) is 18.3. The molecule has 0 atom stereocenters. The Morgan fingerprint density at radius 3 is 2.21 bits per heavy atom. The van der Waals surface area contributed by atoms with E-state index in [1.165, 1.54) is 17.9 Å². The number of primary amides is 1. The number of alkyl halides is 3. The van der Waals surface area contributed by atoms with Crippen LogP contribution in [0.4, 0.5) is 24.5 Å². The number of amides is 3. The van der Waals surface area contributed by atoms with Gasteiger partial charge in [-0.2, -0.15) is 13.2 Å². The molecule has 0 aromatic heterocycles. The Labute approximate surface area is 188 Å². The number of rotatable bonds is 6. The summed E-state index contributed by atoms with van der Waals surface area (Å²) in [7, 11) is 0. The quantitative estimate of drug-likeness (QED) is 0.452. The minimum Gasteiger partial charge on any atom is -0.370 e. The summed E-state index contributed by atoms with van der Waals surface area (Å²) in [5.41, 5.74) is 12.0. The van der Waals surface area contributed by atoms with Crippen molar-refractivity contribution in [2.24, 2.45) is 5.73 Å². The number of carbonyl (C=O) groups is 3. The molecule has 10 heteroatoms. The third-order valence-electron chi connectivity index (χ3n) is 5.08.